The lowest BCUT2D eigenvalue weighted by molar-refractivity contribution is 0.174. The number of ether oxygens (including phenoxy) is 2. The molecule has 1 atom stereocenters. The summed E-state index contributed by atoms with van der Waals surface area (Å²) in [7, 11) is -3.63. The van der Waals surface area contributed by atoms with E-state index in [9.17, 15) is 8.42 Å². The van der Waals surface area contributed by atoms with Gasteiger partial charge in [0.25, 0.3) is 0 Å². The highest BCUT2D eigenvalue weighted by molar-refractivity contribution is 7.89. The number of nitrogens with one attached hydrogen (secondary N) is 1. The number of benzene rings is 2. The number of hydrogen-bond acceptors (Lipinski definition) is 5. The Labute approximate surface area is 160 Å². The first-order chi connectivity index (χ1) is 13.0. The molecule has 144 valence electrons. The van der Waals surface area contributed by atoms with Crippen molar-refractivity contribution in [1.82, 2.24) is 9.62 Å². The van der Waals surface area contributed by atoms with Gasteiger partial charge in [-0.25, -0.2) is 13.1 Å². The summed E-state index contributed by atoms with van der Waals surface area (Å²) in [5.41, 5.74) is 2.33. The van der Waals surface area contributed by atoms with E-state index in [-0.39, 0.29) is 17.7 Å². The van der Waals surface area contributed by atoms with Crippen molar-refractivity contribution in [2.24, 2.45) is 0 Å². The smallest absolute Gasteiger partial charge is 0.240 e. The Morgan fingerprint density at radius 3 is 2.48 bits per heavy atom. The first-order valence-electron chi connectivity index (χ1n) is 9.23. The lowest BCUT2D eigenvalue weighted by atomic mass is 10.0. The molecule has 7 heteroatoms. The van der Waals surface area contributed by atoms with Crippen molar-refractivity contribution in [1.29, 1.82) is 0 Å². The fraction of sp³-hybridized carbons (Fsp3) is 0.400. The number of hydrogen-bond donors (Lipinski definition) is 1. The number of likely N-dealkylation sites (tertiary alicyclic amines) is 1. The molecular formula is C20H24N2O4S. The van der Waals surface area contributed by atoms with Crippen LogP contribution < -0.4 is 14.2 Å². The summed E-state index contributed by atoms with van der Waals surface area (Å²) in [5.74, 6) is 1.04. The van der Waals surface area contributed by atoms with Crippen LogP contribution in [0.15, 0.2) is 47.4 Å². The Morgan fingerprint density at radius 1 is 1.04 bits per heavy atom. The van der Waals surface area contributed by atoms with Crippen molar-refractivity contribution >= 4 is 10.0 Å². The van der Waals surface area contributed by atoms with Crippen LogP contribution in [0, 0.1) is 6.92 Å². The quantitative estimate of drug-likeness (QED) is 0.824. The largest absolute Gasteiger partial charge is 0.454 e. The summed E-state index contributed by atoms with van der Waals surface area (Å²) in [5, 5.41) is 0. The molecule has 1 N–H and O–H groups in total. The molecule has 1 fully saturated rings. The molecular weight excluding hydrogens is 364 g/mol. The minimum absolute atomic E-state index is 0.0249. The van der Waals surface area contributed by atoms with Crippen LogP contribution >= 0.6 is 0 Å². The van der Waals surface area contributed by atoms with E-state index in [1.165, 1.54) is 11.6 Å². The average molecular weight is 388 g/mol. The minimum atomic E-state index is -3.63. The Kier molecular flexibility index (Phi) is 5.08. The maximum absolute atomic E-state index is 12.8. The topological polar surface area (TPSA) is 67.9 Å². The number of aryl methyl sites for hydroxylation is 1. The summed E-state index contributed by atoms with van der Waals surface area (Å²) in [6.07, 6.45) is 2.30. The van der Waals surface area contributed by atoms with Gasteiger partial charge in [0.15, 0.2) is 11.5 Å². The fourth-order valence-electron chi connectivity index (χ4n) is 3.62. The summed E-state index contributed by atoms with van der Waals surface area (Å²) in [4.78, 5) is 2.54. The van der Waals surface area contributed by atoms with Gasteiger partial charge in [-0.1, -0.05) is 29.8 Å². The van der Waals surface area contributed by atoms with Crippen LogP contribution in [0.4, 0.5) is 0 Å². The van der Waals surface area contributed by atoms with Gasteiger partial charge in [0.05, 0.1) is 4.90 Å². The lowest BCUT2D eigenvalue weighted by Gasteiger charge is -2.28. The molecule has 0 aliphatic carbocycles. The zero-order valence-corrected chi connectivity index (χ0v) is 16.2. The van der Waals surface area contributed by atoms with E-state index in [1.807, 2.05) is 0 Å². The lowest BCUT2D eigenvalue weighted by Crippen LogP contribution is -2.36. The zero-order valence-electron chi connectivity index (χ0n) is 15.3. The van der Waals surface area contributed by atoms with Gasteiger partial charge in [0.2, 0.25) is 16.8 Å². The second kappa shape index (κ2) is 7.50. The average Bonchev–Trinajstić information content (AvgIpc) is 3.34. The molecule has 6 nitrogen and oxygen atoms in total. The Morgan fingerprint density at radius 2 is 1.74 bits per heavy atom. The molecule has 2 heterocycles. The van der Waals surface area contributed by atoms with Gasteiger partial charge in [-0.15, -0.1) is 0 Å². The van der Waals surface area contributed by atoms with E-state index in [1.54, 1.807) is 12.1 Å². The summed E-state index contributed by atoms with van der Waals surface area (Å²) in [6.45, 7) is 4.49. The van der Waals surface area contributed by atoms with Crippen LogP contribution in [0.25, 0.3) is 0 Å². The van der Waals surface area contributed by atoms with Crippen molar-refractivity contribution in [3.05, 3.63) is 53.6 Å². The van der Waals surface area contributed by atoms with Gasteiger partial charge < -0.3 is 9.47 Å². The van der Waals surface area contributed by atoms with E-state index >= 15 is 0 Å². The molecule has 2 aromatic rings. The van der Waals surface area contributed by atoms with Crippen molar-refractivity contribution < 1.29 is 17.9 Å². The van der Waals surface area contributed by atoms with Crippen molar-refractivity contribution in [2.45, 2.75) is 30.7 Å². The molecule has 0 amide bonds. The monoisotopic (exact) mass is 388 g/mol. The second-order valence-corrected chi connectivity index (χ2v) is 8.80. The third kappa shape index (κ3) is 3.95. The van der Waals surface area contributed by atoms with E-state index in [0.29, 0.717) is 18.0 Å². The molecule has 0 spiro atoms. The molecule has 27 heavy (non-hydrogen) atoms. The summed E-state index contributed by atoms with van der Waals surface area (Å²) < 4.78 is 39.0. The predicted octanol–water partition coefficient (Wildman–Crippen LogP) is 2.84. The van der Waals surface area contributed by atoms with Gasteiger partial charge in [0, 0.05) is 18.7 Å². The van der Waals surface area contributed by atoms with E-state index in [4.69, 9.17) is 9.47 Å². The Balaban J connectivity index is 1.53. The van der Waals surface area contributed by atoms with Crippen LogP contribution in [-0.4, -0.2) is 39.7 Å². The SMILES string of the molecule is Cc1ccc(C(CNS(=O)(=O)c2ccc3c(c2)OCO3)N2CCCC2)cc1. The van der Waals surface area contributed by atoms with E-state index < -0.39 is 10.0 Å². The standard InChI is InChI=1S/C20H24N2O4S/c1-15-4-6-16(7-5-15)18(22-10-2-3-11-22)13-21-27(23,24)17-8-9-19-20(12-17)26-14-25-19/h4-9,12,18,21H,2-3,10-11,13-14H2,1H3. The molecule has 0 radical (unpaired) electrons. The molecule has 1 saturated heterocycles. The molecule has 0 saturated carbocycles. The Bertz CT molecular complexity index is 906. The predicted molar refractivity (Wildman–Crippen MR) is 102 cm³/mol. The van der Waals surface area contributed by atoms with E-state index in [0.717, 1.165) is 31.5 Å². The molecule has 0 aromatic heterocycles. The van der Waals surface area contributed by atoms with Gasteiger partial charge in [-0.05, 0) is 50.6 Å². The number of fused-ring (bicyclic) bond motifs is 1. The molecule has 2 aromatic carbocycles. The first-order valence-corrected chi connectivity index (χ1v) is 10.7. The summed E-state index contributed by atoms with van der Waals surface area (Å²) >= 11 is 0. The highest BCUT2D eigenvalue weighted by Crippen LogP contribution is 2.34. The number of sulfonamides is 1. The van der Waals surface area contributed by atoms with Crippen molar-refractivity contribution in [3.63, 3.8) is 0 Å². The van der Waals surface area contributed by atoms with Crippen LogP contribution in [0.5, 0.6) is 11.5 Å². The third-order valence-electron chi connectivity index (χ3n) is 5.16. The van der Waals surface area contributed by atoms with Gasteiger partial charge >= 0.3 is 0 Å². The third-order valence-corrected chi connectivity index (χ3v) is 6.59. The molecule has 2 aliphatic rings. The maximum atomic E-state index is 12.8. The van der Waals surface area contributed by atoms with Crippen LogP contribution in [0.2, 0.25) is 0 Å². The van der Waals surface area contributed by atoms with Gasteiger partial charge in [-0.3, -0.25) is 4.90 Å². The van der Waals surface area contributed by atoms with Gasteiger partial charge in [-0.2, -0.15) is 0 Å². The normalized spacial score (nSPS) is 18.0. The van der Waals surface area contributed by atoms with Crippen LogP contribution in [-0.2, 0) is 10.0 Å². The first kappa shape index (κ1) is 18.3. The number of nitrogens with zero attached hydrogens (tertiary/aromatic N) is 1. The highest BCUT2D eigenvalue weighted by atomic mass is 32.2. The number of rotatable bonds is 6. The van der Waals surface area contributed by atoms with Crippen LogP contribution in [0.3, 0.4) is 0 Å². The molecule has 0 bridgehead atoms. The van der Waals surface area contributed by atoms with Crippen LogP contribution in [0.1, 0.15) is 30.0 Å². The molecule has 2 aliphatic heterocycles. The molecule has 4 rings (SSSR count). The fourth-order valence-corrected chi connectivity index (χ4v) is 4.67. The maximum Gasteiger partial charge on any atom is 0.240 e. The summed E-state index contributed by atoms with van der Waals surface area (Å²) in [6, 6.07) is 13.1. The van der Waals surface area contributed by atoms with Crippen molar-refractivity contribution in [3.8, 4) is 11.5 Å². The van der Waals surface area contributed by atoms with Crippen molar-refractivity contribution in [2.75, 3.05) is 26.4 Å². The molecule has 1 unspecified atom stereocenters. The Hall–Kier alpha value is -2.09. The minimum Gasteiger partial charge on any atom is -0.454 e. The zero-order chi connectivity index (χ0) is 18.9. The van der Waals surface area contributed by atoms with E-state index in [2.05, 4.69) is 40.8 Å². The second-order valence-electron chi connectivity index (χ2n) is 7.04. The highest BCUT2D eigenvalue weighted by Gasteiger charge is 2.26. The van der Waals surface area contributed by atoms with Gasteiger partial charge in [0.1, 0.15) is 0 Å².